The molecule has 0 aromatic carbocycles. The Morgan fingerprint density at radius 2 is 2.10 bits per heavy atom. The molecule has 0 amide bonds. The van der Waals surface area contributed by atoms with Crippen LogP contribution in [0, 0.1) is 17.8 Å². The monoisotopic (exact) mass is 139 g/mol. The first-order chi connectivity index (χ1) is 4.86. The van der Waals surface area contributed by atoms with Crippen LogP contribution in [0.5, 0.6) is 0 Å². The zero-order valence-electron chi connectivity index (χ0n) is 5.96. The number of aliphatic hydroxyl groups is 1. The molecule has 1 aliphatic heterocycles. The molecule has 2 N–H and O–H groups in total. The van der Waals surface area contributed by atoms with Crippen molar-refractivity contribution in [2.24, 2.45) is 17.8 Å². The molecule has 0 spiro atoms. The maximum Gasteiger partial charge on any atom is 0.0724 e. The van der Waals surface area contributed by atoms with Crippen molar-refractivity contribution in [2.45, 2.75) is 25.0 Å². The van der Waals surface area contributed by atoms with Gasteiger partial charge in [0, 0.05) is 6.04 Å². The Morgan fingerprint density at radius 1 is 1.20 bits per heavy atom. The molecule has 1 heterocycles. The first-order valence-electron chi connectivity index (χ1n) is 4.28. The van der Waals surface area contributed by atoms with E-state index in [1.54, 1.807) is 0 Å². The van der Waals surface area contributed by atoms with E-state index in [1.165, 1.54) is 19.4 Å². The summed E-state index contributed by atoms with van der Waals surface area (Å²) in [6, 6.07) is 0.476. The molecule has 2 heteroatoms. The predicted molar refractivity (Wildman–Crippen MR) is 37.5 cm³/mol. The van der Waals surface area contributed by atoms with E-state index >= 15 is 0 Å². The Kier molecular flexibility index (Phi) is 0.868. The highest BCUT2D eigenvalue weighted by molar-refractivity contribution is 5.09. The van der Waals surface area contributed by atoms with Gasteiger partial charge in [0.15, 0.2) is 0 Å². The summed E-state index contributed by atoms with van der Waals surface area (Å²) in [6.45, 7) is 1.17. The fraction of sp³-hybridized carbons (Fsp3) is 1.00. The fourth-order valence-corrected chi connectivity index (χ4v) is 3.26. The summed E-state index contributed by atoms with van der Waals surface area (Å²) in [4.78, 5) is 0. The Morgan fingerprint density at radius 3 is 2.80 bits per heavy atom. The van der Waals surface area contributed by atoms with E-state index in [4.69, 9.17) is 0 Å². The third-order valence-corrected chi connectivity index (χ3v) is 3.71. The molecule has 2 aliphatic carbocycles. The van der Waals surface area contributed by atoms with Gasteiger partial charge in [0.25, 0.3) is 0 Å². The predicted octanol–water partition coefficient (Wildman–Crippen LogP) is -0.0249. The van der Waals surface area contributed by atoms with Gasteiger partial charge >= 0.3 is 0 Å². The minimum Gasteiger partial charge on any atom is -0.391 e. The van der Waals surface area contributed by atoms with Crippen LogP contribution in [0.3, 0.4) is 0 Å². The number of hydrogen-bond acceptors (Lipinski definition) is 2. The van der Waals surface area contributed by atoms with Crippen LogP contribution in [0.15, 0.2) is 0 Å². The molecule has 10 heavy (non-hydrogen) atoms. The molecule has 56 valence electrons. The molecule has 3 rings (SSSR count). The maximum absolute atomic E-state index is 9.64. The van der Waals surface area contributed by atoms with Crippen LogP contribution in [0.2, 0.25) is 0 Å². The first kappa shape index (κ1) is 5.56. The van der Waals surface area contributed by atoms with Gasteiger partial charge in [0.1, 0.15) is 0 Å². The van der Waals surface area contributed by atoms with Crippen molar-refractivity contribution in [1.82, 2.24) is 5.32 Å². The molecule has 0 unspecified atom stereocenters. The van der Waals surface area contributed by atoms with Gasteiger partial charge in [-0.2, -0.15) is 0 Å². The van der Waals surface area contributed by atoms with E-state index < -0.39 is 0 Å². The number of fused-ring (bicyclic) bond motifs is 1. The zero-order valence-corrected chi connectivity index (χ0v) is 5.96. The van der Waals surface area contributed by atoms with Crippen LogP contribution in [-0.2, 0) is 0 Å². The van der Waals surface area contributed by atoms with Gasteiger partial charge < -0.3 is 10.4 Å². The van der Waals surface area contributed by atoms with Crippen molar-refractivity contribution >= 4 is 0 Å². The molecule has 2 bridgehead atoms. The van der Waals surface area contributed by atoms with Crippen molar-refractivity contribution in [3.8, 4) is 0 Å². The topological polar surface area (TPSA) is 32.3 Å². The molecular weight excluding hydrogens is 126 g/mol. The third-order valence-electron chi connectivity index (χ3n) is 3.71. The summed E-state index contributed by atoms with van der Waals surface area (Å²) < 4.78 is 0. The quantitative estimate of drug-likeness (QED) is 0.494. The number of rotatable bonds is 0. The average Bonchev–Trinajstić information content (AvgIpc) is 2.43. The SMILES string of the molecule is O[C@@H]1[C@H]2C[C@H]3CN[C@H]1[C@H]3C2. The summed E-state index contributed by atoms with van der Waals surface area (Å²) in [5.74, 6) is 2.40. The third kappa shape index (κ3) is 0.453. The number of hydrogen-bond donors (Lipinski definition) is 2. The summed E-state index contributed by atoms with van der Waals surface area (Å²) in [6.07, 6.45) is 2.57. The standard InChI is InChI=1S/C8H13NO/c10-8-4-1-5-3-9-7(8)6(5)2-4/h4-10H,1-3H2/t4-,5-,6-,7-,8+/m0/s1. The molecule has 0 radical (unpaired) electrons. The summed E-state index contributed by atoms with van der Waals surface area (Å²) >= 11 is 0. The zero-order chi connectivity index (χ0) is 6.72. The Hall–Kier alpha value is -0.0800. The molecule has 0 aromatic heterocycles. The molecule has 2 saturated carbocycles. The Bertz CT molecular complexity index is 169. The molecule has 0 aromatic rings. The van der Waals surface area contributed by atoms with Gasteiger partial charge in [-0.1, -0.05) is 0 Å². The molecule has 5 atom stereocenters. The second-order valence-corrected chi connectivity index (χ2v) is 4.08. The Labute approximate surface area is 60.6 Å². The van der Waals surface area contributed by atoms with Crippen molar-refractivity contribution in [3.05, 3.63) is 0 Å². The van der Waals surface area contributed by atoms with Gasteiger partial charge in [0.05, 0.1) is 6.10 Å². The van der Waals surface area contributed by atoms with Crippen LogP contribution in [0.25, 0.3) is 0 Å². The van der Waals surface area contributed by atoms with Gasteiger partial charge in [-0.25, -0.2) is 0 Å². The van der Waals surface area contributed by atoms with Crippen LogP contribution < -0.4 is 5.32 Å². The maximum atomic E-state index is 9.64. The normalized spacial score (nSPS) is 63.9. The van der Waals surface area contributed by atoms with Gasteiger partial charge in [-0.05, 0) is 37.1 Å². The van der Waals surface area contributed by atoms with Gasteiger partial charge in [-0.15, -0.1) is 0 Å². The molecule has 3 aliphatic rings. The lowest BCUT2D eigenvalue weighted by molar-refractivity contribution is 0.0909. The van der Waals surface area contributed by atoms with Gasteiger partial charge in [0.2, 0.25) is 0 Å². The summed E-state index contributed by atoms with van der Waals surface area (Å²) in [5, 5.41) is 13.1. The highest BCUT2D eigenvalue weighted by Crippen LogP contribution is 2.51. The molecular formula is C8H13NO. The summed E-state index contributed by atoms with van der Waals surface area (Å²) in [5.41, 5.74) is 0. The molecule has 1 saturated heterocycles. The van der Waals surface area contributed by atoms with E-state index in [0.29, 0.717) is 12.0 Å². The van der Waals surface area contributed by atoms with Crippen molar-refractivity contribution < 1.29 is 5.11 Å². The average molecular weight is 139 g/mol. The highest BCUT2D eigenvalue weighted by atomic mass is 16.3. The summed E-state index contributed by atoms with van der Waals surface area (Å²) in [7, 11) is 0. The second-order valence-electron chi connectivity index (χ2n) is 4.08. The van der Waals surface area contributed by atoms with E-state index in [2.05, 4.69) is 5.32 Å². The van der Waals surface area contributed by atoms with E-state index in [0.717, 1.165) is 11.8 Å². The van der Waals surface area contributed by atoms with Crippen LogP contribution in [0.1, 0.15) is 12.8 Å². The lowest BCUT2D eigenvalue weighted by atomic mass is 9.88. The van der Waals surface area contributed by atoms with Crippen LogP contribution in [-0.4, -0.2) is 23.8 Å². The molecule has 3 fully saturated rings. The van der Waals surface area contributed by atoms with Crippen LogP contribution >= 0.6 is 0 Å². The second kappa shape index (κ2) is 1.56. The number of aliphatic hydroxyl groups excluding tert-OH is 1. The van der Waals surface area contributed by atoms with Crippen LogP contribution in [0.4, 0.5) is 0 Å². The van der Waals surface area contributed by atoms with Crippen molar-refractivity contribution in [1.29, 1.82) is 0 Å². The largest absolute Gasteiger partial charge is 0.391 e. The van der Waals surface area contributed by atoms with E-state index in [-0.39, 0.29) is 6.10 Å². The molecule has 2 nitrogen and oxygen atoms in total. The lowest BCUT2D eigenvalue weighted by Crippen LogP contribution is -2.37. The number of nitrogens with one attached hydrogen (secondary N) is 1. The van der Waals surface area contributed by atoms with Gasteiger partial charge in [-0.3, -0.25) is 0 Å². The van der Waals surface area contributed by atoms with E-state index in [1.807, 2.05) is 0 Å². The smallest absolute Gasteiger partial charge is 0.0724 e. The van der Waals surface area contributed by atoms with Crippen molar-refractivity contribution in [2.75, 3.05) is 6.54 Å². The van der Waals surface area contributed by atoms with E-state index in [9.17, 15) is 5.11 Å². The first-order valence-corrected chi connectivity index (χ1v) is 4.28. The fourth-order valence-electron chi connectivity index (χ4n) is 3.26. The lowest BCUT2D eigenvalue weighted by Gasteiger charge is -2.22. The Balaban J connectivity index is 2.00. The van der Waals surface area contributed by atoms with Crippen molar-refractivity contribution in [3.63, 3.8) is 0 Å². The highest BCUT2D eigenvalue weighted by Gasteiger charge is 2.55. The minimum atomic E-state index is -0.0104. The minimum absolute atomic E-state index is 0.0104.